The molecule has 2 rings (SSSR count). The van der Waals surface area contributed by atoms with Crippen molar-refractivity contribution in [3.8, 4) is 0 Å². The van der Waals surface area contributed by atoms with Gasteiger partial charge in [0.2, 0.25) is 0 Å². The summed E-state index contributed by atoms with van der Waals surface area (Å²) in [5.74, 6) is 0.873. The Morgan fingerprint density at radius 2 is 2.20 bits per heavy atom. The Balaban J connectivity index is 0.00000112. The van der Waals surface area contributed by atoms with Crippen LogP contribution in [-0.2, 0) is 0 Å². The predicted molar refractivity (Wildman–Crippen MR) is 63.5 cm³/mol. The predicted octanol–water partition coefficient (Wildman–Crippen LogP) is 1.24. The number of allylic oxidation sites excluding steroid dienone is 1. The van der Waals surface area contributed by atoms with E-state index in [9.17, 15) is 0 Å². The third-order valence-corrected chi connectivity index (χ3v) is 3.64. The second-order valence-corrected chi connectivity index (χ2v) is 4.90. The first-order valence-electron chi connectivity index (χ1n) is 5.42. The zero-order chi connectivity index (χ0) is 9.80. The van der Waals surface area contributed by atoms with Crippen LogP contribution in [0.4, 0.5) is 0 Å². The molecule has 3 heteroatoms. The summed E-state index contributed by atoms with van der Waals surface area (Å²) in [5, 5.41) is 2.10. The molecule has 0 spiro atoms. The van der Waals surface area contributed by atoms with Crippen LogP contribution in [0, 0.1) is 5.92 Å². The minimum atomic E-state index is 0. The minimum Gasteiger partial charge on any atom is -1.00 e. The number of nitrogens with zero attached hydrogens (tertiary/aromatic N) is 1. The standard InChI is InChI=1S/C12H17NS.Na.H/c1-10(12-8-14-9-13-12)7-11-5-3-2-4-6-11;;/h8-9,11H,1-7H2;;/q;+1;-1. The Morgan fingerprint density at radius 3 is 2.80 bits per heavy atom. The van der Waals surface area contributed by atoms with Crippen molar-refractivity contribution in [1.29, 1.82) is 0 Å². The quantitative estimate of drug-likeness (QED) is 0.713. The monoisotopic (exact) mass is 231 g/mol. The summed E-state index contributed by atoms with van der Waals surface area (Å²) in [5.41, 5.74) is 4.24. The Bertz CT molecular complexity index is 294. The largest absolute Gasteiger partial charge is 1.00 e. The summed E-state index contributed by atoms with van der Waals surface area (Å²) in [7, 11) is 0. The Hall–Kier alpha value is 0.370. The van der Waals surface area contributed by atoms with Crippen LogP contribution in [0.3, 0.4) is 0 Å². The van der Waals surface area contributed by atoms with E-state index >= 15 is 0 Å². The van der Waals surface area contributed by atoms with Crippen LogP contribution in [-0.4, -0.2) is 4.98 Å². The van der Waals surface area contributed by atoms with Crippen LogP contribution in [0.1, 0.15) is 45.6 Å². The van der Waals surface area contributed by atoms with Gasteiger partial charge in [0.15, 0.2) is 0 Å². The topological polar surface area (TPSA) is 12.9 Å². The Morgan fingerprint density at radius 1 is 1.47 bits per heavy atom. The molecule has 1 saturated carbocycles. The van der Waals surface area contributed by atoms with E-state index in [1.165, 1.54) is 37.7 Å². The van der Waals surface area contributed by atoms with Gasteiger partial charge in [-0.15, -0.1) is 11.3 Å². The second-order valence-electron chi connectivity index (χ2n) is 4.19. The number of thiazole rings is 1. The average molecular weight is 231 g/mol. The van der Waals surface area contributed by atoms with Crippen molar-refractivity contribution in [2.75, 3.05) is 0 Å². The molecule has 0 saturated heterocycles. The van der Waals surface area contributed by atoms with Crippen LogP contribution in [0.15, 0.2) is 17.5 Å². The van der Waals surface area contributed by atoms with Gasteiger partial charge in [-0.25, -0.2) is 4.98 Å². The molecule has 78 valence electrons. The van der Waals surface area contributed by atoms with Gasteiger partial charge >= 0.3 is 29.6 Å². The summed E-state index contributed by atoms with van der Waals surface area (Å²) in [6, 6.07) is 0. The van der Waals surface area contributed by atoms with Crippen molar-refractivity contribution in [2.45, 2.75) is 38.5 Å². The summed E-state index contributed by atoms with van der Waals surface area (Å²) < 4.78 is 0. The first kappa shape index (κ1) is 13.4. The van der Waals surface area contributed by atoms with Gasteiger partial charge in [-0.2, -0.15) is 0 Å². The SMILES string of the molecule is C=C(CC1CCCCC1)c1cscn1.[H-].[Na+]. The second kappa shape index (κ2) is 6.85. The van der Waals surface area contributed by atoms with Crippen LogP contribution < -0.4 is 29.6 Å². The molecule has 1 aliphatic rings. The summed E-state index contributed by atoms with van der Waals surface area (Å²) >= 11 is 1.66. The van der Waals surface area contributed by atoms with Crippen molar-refractivity contribution in [1.82, 2.24) is 4.98 Å². The van der Waals surface area contributed by atoms with E-state index in [0.717, 1.165) is 18.0 Å². The molecular formula is C12H18NNaS. The molecule has 0 bridgehead atoms. The molecule has 1 nitrogen and oxygen atoms in total. The van der Waals surface area contributed by atoms with Crippen LogP contribution >= 0.6 is 11.3 Å². The maximum atomic E-state index is 4.30. The number of hydrogen-bond donors (Lipinski definition) is 0. The Labute approximate surface area is 120 Å². The van der Waals surface area contributed by atoms with Gasteiger partial charge < -0.3 is 1.43 Å². The zero-order valence-electron chi connectivity index (χ0n) is 10.5. The van der Waals surface area contributed by atoms with E-state index in [4.69, 9.17) is 0 Å². The van der Waals surface area contributed by atoms with Crippen molar-refractivity contribution in [2.24, 2.45) is 5.92 Å². The molecule has 1 heterocycles. The average Bonchev–Trinajstić information content (AvgIpc) is 2.72. The molecule has 1 aromatic rings. The fraction of sp³-hybridized carbons (Fsp3) is 0.583. The summed E-state index contributed by atoms with van der Waals surface area (Å²) in [6.45, 7) is 4.14. The number of aromatic nitrogens is 1. The fourth-order valence-electron chi connectivity index (χ4n) is 2.23. The fourth-order valence-corrected chi connectivity index (χ4v) is 2.82. The van der Waals surface area contributed by atoms with E-state index in [0.29, 0.717) is 0 Å². The molecule has 0 amide bonds. The molecule has 15 heavy (non-hydrogen) atoms. The van der Waals surface area contributed by atoms with E-state index in [-0.39, 0.29) is 31.0 Å². The first-order chi connectivity index (χ1) is 6.86. The van der Waals surface area contributed by atoms with Crippen molar-refractivity contribution in [3.63, 3.8) is 0 Å². The molecule has 0 radical (unpaired) electrons. The summed E-state index contributed by atoms with van der Waals surface area (Å²) in [4.78, 5) is 4.30. The minimum absolute atomic E-state index is 0. The van der Waals surface area contributed by atoms with Crippen LogP contribution in [0.2, 0.25) is 0 Å². The molecule has 0 N–H and O–H groups in total. The maximum absolute atomic E-state index is 4.30. The van der Waals surface area contributed by atoms with Crippen molar-refractivity contribution in [3.05, 3.63) is 23.2 Å². The normalized spacial score (nSPS) is 17.1. The van der Waals surface area contributed by atoms with E-state index in [2.05, 4.69) is 16.9 Å². The third kappa shape index (κ3) is 4.03. The van der Waals surface area contributed by atoms with Gasteiger partial charge in [0.05, 0.1) is 11.2 Å². The molecule has 0 aliphatic heterocycles. The molecular weight excluding hydrogens is 213 g/mol. The molecule has 1 aliphatic carbocycles. The van der Waals surface area contributed by atoms with Gasteiger partial charge in [0.1, 0.15) is 0 Å². The van der Waals surface area contributed by atoms with Crippen molar-refractivity contribution < 1.29 is 31.0 Å². The molecule has 0 unspecified atom stereocenters. The Kier molecular flexibility index (Phi) is 6.13. The van der Waals surface area contributed by atoms with Gasteiger partial charge in [-0.3, -0.25) is 0 Å². The van der Waals surface area contributed by atoms with E-state index < -0.39 is 0 Å². The first-order valence-corrected chi connectivity index (χ1v) is 6.37. The molecule has 1 fully saturated rings. The van der Waals surface area contributed by atoms with Crippen molar-refractivity contribution >= 4 is 16.9 Å². The molecule has 1 aromatic heterocycles. The number of rotatable bonds is 3. The zero-order valence-corrected chi connectivity index (χ0v) is 12.4. The molecule has 0 aromatic carbocycles. The van der Waals surface area contributed by atoms with Crippen LogP contribution in [0.25, 0.3) is 5.57 Å². The van der Waals surface area contributed by atoms with Gasteiger partial charge in [-0.1, -0.05) is 38.7 Å². The smallest absolute Gasteiger partial charge is 1.00 e. The summed E-state index contributed by atoms with van der Waals surface area (Å²) in [6.07, 6.45) is 8.19. The van der Waals surface area contributed by atoms with Gasteiger partial charge in [0, 0.05) is 5.38 Å². The third-order valence-electron chi connectivity index (χ3n) is 3.05. The van der Waals surface area contributed by atoms with Crippen LogP contribution in [0.5, 0.6) is 0 Å². The molecule has 0 atom stereocenters. The maximum Gasteiger partial charge on any atom is 1.00 e. The number of hydrogen-bond acceptors (Lipinski definition) is 2. The van der Waals surface area contributed by atoms with Gasteiger partial charge in [0.25, 0.3) is 0 Å². The van der Waals surface area contributed by atoms with E-state index in [1.807, 2.05) is 5.51 Å². The van der Waals surface area contributed by atoms with Gasteiger partial charge in [-0.05, 0) is 17.9 Å². The van der Waals surface area contributed by atoms with E-state index in [1.54, 1.807) is 11.3 Å².